The normalized spacial score (nSPS) is 39.8. The van der Waals surface area contributed by atoms with Crippen molar-refractivity contribution in [1.29, 1.82) is 5.26 Å². The standard InChI is InChI=1S/C21H31N3O2/c1-20(5-3-2-4-6-20)19(26)23-13-15-7-17(15)24-18(25)16-10-21(11-16)8-14(9-21)12-22/h14-17H,2-11,13H2,1H3,(H,23,26)(H,24,25)/t14?,15-,16?,17+,21?/m0/s1. The van der Waals surface area contributed by atoms with Gasteiger partial charge in [-0.2, -0.15) is 5.26 Å². The quantitative estimate of drug-likeness (QED) is 0.794. The van der Waals surface area contributed by atoms with Crippen LogP contribution >= 0.6 is 0 Å². The van der Waals surface area contributed by atoms with Gasteiger partial charge in [0.25, 0.3) is 0 Å². The maximum Gasteiger partial charge on any atom is 0.225 e. The lowest BCUT2D eigenvalue weighted by Crippen LogP contribution is -2.52. The van der Waals surface area contributed by atoms with Crippen molar-refractivity contribution in [2.45, 2.75) is 77.2 Å². The van der Waals surface area contributed by atoms with Crippen molar-refractivity contribution in [3.63, 3.8) is 0 Å². The number of nitrogens with one attached hydrogen (secondary N) is 2. The van der Waals surface area contributed by atoms with Crippen LogP contribution in [0.2, 0.25) is 0 Å². The van der Waals surface area contributed by atoms with E-state index in [1.165, 1.54) is 6.42 Å². The van der Waals surface area contributed by atoms with Gasteiger partial charge in [-0.3, -0.25) is 9.59 Å². The molecular weight excluding hydrogens is 326 g/mol. The molecule has 0 saturated heterocycles. The lowest BCUT2D eigenvalue weighted by atomic mass is 9.48. The van der Waals surface area contributed by atoms with Crippen LogP contribution in [0.3, 0.4) is 0 Å². The Hall–Kier alpha value is -1.57. The van der Waals surface area contributed by atoms with Crippen molar-refractivity contribution in [3.05, 3.63) is 0 Å². The van der Waals surface area contributed by atoms with Gasteiger partial charge in [0.05, 0.1) is 6.07 Å². The zero-order valence-corrected chi connectivity index (χ0v) is 15.9. The van der Waals surface area contributed by atoms with Crippen LogP contribution in [0.1, 0.15) is 71.1 Å². The van der Waals surface area contributed by atoms with Crippen molar-refractivity contribution in [3.8, 4) is 6.07 Å². The largest absolute Gasteiger partial charge is 0.355 e. The van der Waals surface area contributed by atoms with E-state index >= 15 is 0 Å². The number of nitriles is 1. The fourth-order valence-electron chi connectivity index (χ4n) is 5.53. The third-order valence-electron chi connectivity index (χ3n) is 7.55. The second kappa shape index (κ2) is 6.55. The molecule has 26 heavy (non-hydrogen) atoms. The Morgan fingerprint density at radius 1 is 1.12 bits per heavy atom. The zero-order chi connectivity index (χ0) is 18.4. The highest BCUT2D eigenvalue weighted by molar-refractivity contribution is 5.82. The summed E-state index contributed by atoms with van der Waals surface area (Å²) in [7, 11) is 0. The number of nitrogens with zero attached hydrogens (tertiary/aromatic N) is 1. The number of hydrogen-bond donors (Lipinski definition) is 2. The maximum atomic E-state index is 12.5. The highest BCUT2D eigenvalue weighted by Crippen LogP contribution is 2.61. The van der Waals surface area contributed by atoms with Crippen molar-refractivity contribution in [2.24, 2.45) is 28.6 Å². The highest BCUT2D eigenvalue weighted by Gasteiger charge is 2.55. The summed E-state index contributed by atoms with van der Waals surface area (Å²) < 4.78 is 0. The fraction of sp³-hybridized carbons (Fsp3) is 0.857. The number of rotatable bonds is 5. The van der Waals surface area contributed by atoms with E-state index in [-0.39, 0.29) is 35.1 Å². The molecule has 1 spiro atoms. The van der Waals surface area contributed by atoms with Gasteiger partial charge >= 0.3 is 0 Å². The summed E-state index contributed by atoms with van der Waals surface area (Å²) in [6.07, 6.45) is 10.4. The summed E-state index contributed by atoms with van der Waals surface area (Å²) in [5, 5.41) is 15.2. The Balaban J connectivity index is 1.14. The predicted octanol–water partition coefficient (Wildman–Crippen LogP) is 2.91. The number of carbonyl (C=O) groups excluding carboxylic acids is 2. The molecule has 0 aromatic heterocycles. The molecule has 4 rings (SSSR count). The molecule has 4 saturated carbocycles. The number of hydrogen-bond acceptors (Lipinski definition) is 3. The van der Waals surface area contributed by atoms with Crippen LogP contribution in [0.5, 0.6) is 0 Å². The van der Waals surface area contributed by atoms with Gasteiger partial charge < -0.3 is 10.6 Å². The van der Waals surface area contributed by atoms with Crippen molar-refractivity contribution < 1.29 is 9.59 Å². The molecule has 4 aliphatic carbocycles. The minimum atomic E-state index is -0.184. The summed E-state index contributed by atoms with van der Waals surface area (Å²) in [4.78, 5) is 24.9. The van der Waals surface area contributed by atoms with E-state index < -0.39 is 0 Å². The van der Waals surface area contributed by atoms with Gasteiger partial charge in [-0.1, -0.05) is 26.2 Å². The molecule has 2 atom stereocenters. The first kappa shape index (κ1) is 17.8. The molecule has 5 nitrogen and oxygen atoms in total. The van der Waals surface area contributed by atoms with Crippen LogP contribution in [0, 0.1) is 39.9 Å². The van der Waals surface area contributed by atoms with Gasteiger partial charge in [0.15, 0.2) is 0 Å². The van der Waals surface area contributed by atoms with Crippen LogP contribution in [0.4, 0.5) is 0 Å². The van der Waals surface area contributed by atoms with Crippen LogP contribution in [-0.4, -0.2) is 24.4 Å². The predicted molar refractivity (Wildman–Crippen MR) is 97.7 cm³/mol. The Morgan fingerprint density at radius 2 is 1.81 bits per heavy atom. The molecule has 0 bridgehead atoms. The summed E-state index contributed by atoms with van der Waals surface area (Å²) in [5.74, 6) is 1.16. The van der Waals surface area contributed by atoms with E-state index in [1.807, 2.05) is 0 Å². The van der Waals surface area contributed by atoms with Crippen LogP contribution < -0.4 is 10.6 Å². The molecular formula is C21H31N3O2. The van der Waals surface area contributed by atoms with Gasteiger partial charge in [0.2, 0.25) is 11.8 Å². The van der Waals surface area contributed by atoms with Crippen molar-refractivity contribution in [2.75, 3.05) is 6.54 Å². The molecule has 142 valence electrons. The molecule has 0 aromatic rings. The minimum absolute atomic E-state index is 0.145. The van der Waals surface area contributed by atoms with Gasteiger partial charge in [0, 0.05) is 29.8 Å². The second-order valence-corrected chi connectivity index (χ2v) is 9.78. The summed E-state index contributed by atoms with van der Waals surface area (Å²) >= 11 is 0. The molecule has 2 N–H and O–H groups in total. The molecule has 4 fully saturated rings. The SMILES string of the molecule is CC1(C(=O)NC[C@@H]2C[C@H]2NC(=O)C2CC3(CC(C#N)C3)C2)CCCCC1. The van der Waals surface area contributed by atoms with E-state index in [2.05, 4.69) is 23.6 Å². The van der Waals surface area contributed by atoms with E-state index in [4.69, 9.17) is 5.26 Å². The van der Waals surface area contributed by atoms with Gasteiger partial charge in [-0.05, 0) is 56.3 Å². The fourth-order valence-corrected chi connectivity index (χ4v) is 5.53. The topological polar surface area (TPSA) is 82.0 Å². The van der Waals surface area contributed by atoms with Crippen molar-refractivity contribution in [1.82, 2.24) is 10.6 Å². The van der Waals surface area contributed by atoms with Gasteiger partial charge in [-0.25, -0.2) is 0 Å². The monoisotopic (exact) mass is 357 g/mol. The van der Waals surface area contributed by atoms with Crippen LogP contribution in [0.15, 0.2) is 0 Å². The number of carbonyl (C=O) groups is 2. The highest BCUT2D eigenvalue weighted by atomic mass is 16.2. The van der Waals surface area contributed by atoms with Gasteiger partial charge in [0.1, 0.15) is 0 Å². The molecule has 4 aliphatic rings. The average molecular weight is 357 g/mol. The lowest BCUT2D eigenvalue weighted by Gasteiger charge is -2.55. The van der Waals surface area contributed by atoms with Gasteiger partial charge in [-0.15, -0.1) is 0 Å². The molecule has 0 heterocycles. The van der Waals surface area contributed by atoms with E-state index in [9.17, 15) is 9.59 Å². The molecule has 2 amide bonds. The zero-order valence-electron chi connectivity index (χ0n) is 15.9. The molecule has 0 radical (unpaired) electrons. The van der Waals surface area contributed by atoms with Crippen LogP contribution in [0.25, 0.3) is 0 Å². The first-order chi connectivity index (χ1) is 12.4. The summed E-state index contributed by atoms with van der Waals surface area (Å²) in [6, 6.07) is 2.57. The average Bonchev–Trinajstić information content (AvgIpc) is 3.29. The van der Waals surface area contributed by atoms with E-state index in [0.29, 0.717) is 17.9 Å². The molecule has 0 aliphatic heterocycles. The Bertz CT molecular complexity index is 618. The third-order valence-corrected chi connectivity index (χ3v) is 7.55. The Kier molecular flexibility index (Phi) is 4.49. The maximum absolute atomic E-state index is 12.5. The molecule has 0 aromatic carbocycles. The Labute approximate surface area is 156 Å². The second-order valence-electron chi connectivity index (χ2n) is 9.78. The summed E-state index contributed by atoms with van der Waals surface area (Å²) in [5.41, 5.74) is 0.130. The third kappa shape index (κ3) is 3.35. The lowest BCUT2D eigenvalue weighted by molar-refractivity contribution is -0.139. The first-order valence-corrected chi connectivity index (χ1v) is 10.4. The smallest absolute Gasteiger partial charge is 0.225 e. The first-order valence-electron chi connectivity index (χ1n) is 10.4. The minimum Gasteiger partial charge on any atom is -0.355 e. The molecule has 0 unspecified atom stereocenters. The van der Waals surface area contributed by atoms with Crippen molar-refractivity contribution >= 4 is 11.8 Å². The molecule has 5 heteroatoms. The number of amides is 2. The summed E-state index contributed by atoms with van der Waals surface area (Å²) in [6.45, 7) is 2.79. The van der Waals surface area contributed by atoms with E-state index in [0.717, 1.165) is 57.8 Å². The van der Waals surface area contributed by atoms with Crippen LogP contribution in [-0.2, 0) is 9.59 Å². The van der Waals surface area contributed by atoms with E-state index in [1.54, 1.807) is 0 Å². The Morgan fingerprint density at radius 3 is 2.46 bits per heavy atom.